The zero-order valence-corrected chi connectivity index (χ0v) is 17.3. The molecule has 0 atom stereocenters. The topological polar surface area (TPSA) is 99.2 Å². The van der Waals surface area contributed by atoms with Crippen molar-refractivity contribution in [1.29, 1.82) is 0 Å². The Kier molecular flexibility index (Phi) is 6.83. The molecule has 1 aromatic heterocycles. The highest BCUT2D eigenvalue weighted by atomic mass is 16.5. The number of nitrogens with two attached hydrogens (primary N) is 1. The molecule has 0 aliphatic carbocycles. The SMILES string of the molecule is CCCOc1ccccc1C(=O)Nc1c(CCC)nn(C(C)(C)C)c1C(N)=O. The quantitative estimate of drug-likeness (QED) is 0.722. The molecule has 1 aromatic carbocycles. The molecule has 0 aliphatic rings. The minimum atomic E-state index is -0.629. The van der Waals surface area contributed by atoms with Crippen molar-refractivity contribution >= 4 is 17.5 Å². The first-order chi connectivity index (χ1) is 13.2. The second-order valence-electron chi connectivity index (χ2n) is 7.67. The highest BCUT2D eigenvalue weighted by molar-refractivity contribution is 6.10. The fraction of sp³-hybridized carbons (Fsp3) is 0.476. The Balaban J connectivity index is 2.49. The van der Waals surface area contributed by atoms with Crippen molar-refractivity contribution in [1.82, 2.24) is 9.78 Å². The molecule has 0 aliphatic heterocycles. The van der Waals surface area contributed by atoms with Crippen molar-refractivity contribution in [2.45, 2.75) is 59.4 Å². The zero-order valence-electron chi connectivity index (χ0n) is 17.3. The van der Waals surface area contributed by atoms with Gasteiger partial charge in [-0.25, -0.2) is 0 Å². The summed E-state index contributed by atoms with van der Waals surface area (Å²) >= 11 is 0. The molecule has 0 fully saturated rings. The van der Waals surface area contributed by atoms with E-state index in [1.807, 2.05) is 40.7 Å². The van der Waals surface area contributed by atoms with Crippen LogP contribution < -0.4 is 15.8 Å². The number of nitrogens with zero attached hydrogens (tertiary/aromatic N) is 2. The van der Waals surface area contributed by atoms with E-state index >= 15 is 0 Å². The number of aryl methyl sites for hydroxylation is 1. The average Bonchev–Trinajstić information content (AvgIpc) is 2.99. The van der Waals surface area contributed by atoms with E-state index in [9.17, 15) is 9.59 Å². The molecule has 0 bridgehead atoms. The first-order valence-corrected chi connectivity index (χ1v) is 9.66. The van der Waals surface area contributed by atoms with Gasteiger partial charge in [0.1, 0.15) is 11.4 Å². The predicted octanol–water partition coefficient (Wildman–Crippen LogP) is 3.73. The number of primary amides is 1. The zero-order chi connectivity index (χ0) is 20.9. The van der Waals surface area contributed by atoms with E-state index < -0.39 is 11.4 Å². The van der Waals surface area contributed by atoms with Crippen LogP contribution in [-0.4, -0.2) is 28.2 Å². The lowest BCUT2D eigenvalue weighted by Gasteiger charge is -2.21. The van der Waals surface area contributed by atoms with Gasteiger partial charge in [0.25, 0.3) is 11.8 Å². The van der Waals surface area contributed by atoms with Crippen molar-refractivity contribution in [3.8, 4) is 5.75 Å². The molecule has 2 amide bonds. The molecule has 0 saturated heterocycles. The monoisotopic (exact) mass is 386 g/mol. The lowest BCUT2D eigenvalue weighted by atomic mass is 10.1. The molecule has 2 aromatic rings. The van der Waals surface area contributed by atoms with Gasteiger partial charge in [-0.05, 0) is 45.7 Å². The van der Waals surface area contributed by atoms with Crippen molar-refractivity contribution < 1.29 is 14.3 Å². The van der Waals surface area contributed by atoms with E-state index in [0.29, 0.717) is 35.7 Å². The van der Waals surface area contributed by atoms with Crippen molar-refractivity contribution in [2.75, 3.05) is 11.9 Å². The van der Waals surface area contributed by atoms with Gasteiger partial charge in [-0.3, -0.25) is 14.3 Å². The molecule has 0 saturated carbocycles. The number of carbonyl (C=O) groups excluding carboxylic acids is 2. The van der Waals surface area contributed by atoms with Crippen molar-refractivity contribution in [3.05, 3.63) is 41.2 Å². The second kappa shape index (κ2) is 8.91. The number of nitrogens with one attached hydrogen (secondary N) is 1. The maximum atomic E-state index is 13.0. The van der Waals surface area contributed by atoms with Crippen LogP contribution >= 0.6 is 0 Å². The summed E-state index contributed by atoms with van der Waals surface area (Å²) in [4.78, 5) is 25.2. The van der Waals surface area contributed by atoms with Crippen LogP contribution in [0.15, 0.2) is 24.3 Å². The predicted molar refractivity (Wildman–Crippen MR) is 110 cm³/mol. The summed E-state index contributed by atoms with van der Waals surface area (Å²) in [6.07, 6.45) is 2.27. The minimum absolute atomic E-state index is 0.205. The Labute approximate surface area is 166 Å². The molecule has 28 heavy (non-hydrogen) atoms. The number of hydrogen-bond acceptors (Lipinski definition) is 4. The molecule has 1 heterocycles. The van der Waals surface area contributed by atoms with Crippen LogP contribution in [0.4, 0.5) is 5.69 Å². The van der Waals surface area contributed by atoms with E-state index in [4.69, 9.17) is 10.5 Å². The van der Waals surface area contributed by atoms with Crippen LogP contribution in [0.3, 0.4) is 0 Å². The number of ether oxygens (including phenoxy) is 1. The third kappa shape index (κ3) is 4.71. The van der Waals surface area contributed by atoms with E-state index in [1.165, 1.54) is 0 Å². The Hall–Kier alpha value is -2.83. The number of aromatic nitrogens is 2. The van der Waals surface area contributed by atoms with E-state index in [-0.39, 0.29) is 11.6 Å². The van der Waals surface area contributed by atoms with Crippen LogP contribution in [-0.2, 0) is 12.0 Å². The molecule has 7 nitrogen and oxygen atoms in total. The van der Waals surface area contributed by atoms with Crippen molar-refractivity contribution in [2.24, 2.45) is 5.73 Å². The van der Waals surface area contributed by atoms with Crippen LogP contribution in [0.1, 0.15) is 74.0 Å². The fourth-order valence-corrected chi connectivity index (χ4v) is 2.89. The summed E-state index contributed by atoms with van der Waals surface area (Å²) in [5, 5.41) is 7.45. The lowest BCUT2D eigenvalue weighted by molar-refractivity contribution is 0.0983. The van der Waals surface area contributed by atoms with E-state index in [0.717, 1.165) is 12.8 Å². The summed E-state index contributed by atoms with van der Waals surface area (Å²) < 4.78 is 7.28. The van der Waals surface area contributed by atoms with Crippen LogP contribution in [0.2, 0.25) is 0 Å². The number of amides is 2. The van der Waals surface area contributed by atoms with E-state index in [1.54, 1.807) is 22.9 Å². The molecular weight excluding hydrogens is 356 g/mol. The molecular formula is C21H30N4O3. The summed E-state index contributed by atoms with van der Waals surface area (Å²) in [5.74, 6) is -0.488. The number of hydrogen-bond donors (Lipinski definition) is 2. The molecule has 0 spiro atoms. The molecule has 3 N–H and O–H groups in total. The van der Waals surface area contributed by atoms with Gasteiger partial charge in [0.15, 0.2) is 0 Å². The normalized spacial score (nSPS) is 11.3. The fourth-order valence-electron chi connectivity index (χ4n) is 2.89. The maximum absolute atomic E-state index is 13.0. The summed E-state index contributed by atoms with van der Waals surface area (Å²) in [6.45, 7) is 10.3. The average molecular weight is 386 g/mol. The standard InChI is InChI=1S/C21H30N4O3/c1-6-10-15-17(18(19(22)26)25(24-15)21(3,4)5)23-20(27)14-11-8-9-12-16(14)28-13-7-2/h8-9,11-12H,6-7,10,13H2,1-5H3,(H2,22,26)(H,23,27). The Morgan fingerprint density at radius 2 is 1.86 bits per heavy atom. The third-order valence-electron chi connectivity index (χ3n) is 4.15. The third-order valence-corrected chi connectivity index (χ3v) is 4.15. The molecule has 2 rings (SSSR count). The minimum Gasteiger partial charge on any atom is -0.493 e. The first kappa shape index (κ1) is 21.5. The highest BCUT2D eigenvalue weighted by Crippen LogP contribution is 2.29. The number of rotatable bonds is 8. The van der Waals surface area contributed by atoms with Gasteiger partial charge in [-0.15, -0.1) is 0 Å². The Bertz CT molecular complexity index is 850. The number of benzene rings is 1. The summed E-state index contributed by atoms with van der Waals surface area (Å²) in [7, 11) is 0. The van der Waals surface area contributed by atoms with Gasteiger partial charge in [0.2, 0.25) is 0 Å². The Morgan fingerprint density at radius 1 is 1.18 bits per heavy atom. The number of anilines is 1. The smallest absolute Gasteiger partial charge is 0.269 e. The van der Waals surface area contributed by atoms with E-state index in [2.05, 4.69) is 10.4 Å². The highest BCUT2D eigenvalue weighted by Gasteiger charge is 2.29. The van der Waals surface area contributed by atoms with Gasteiger partial charge < -0.3 is 15.8 Å². The van der Waals surface area contributed by atoms with Crippen LogP contribution in [0.5, 0.6) is 5.75 Å². The number of carbonyl (C=O) groups is 2. The molecule has 7 heteroatoms. The maximum Gasteiger partial charge on any atom is 0.269 e. The van der Waals surface area contributed by atoms with Gasteiger partial charge in [0.05, 0.1) is 29.1 Å². The Morgan fingerprint density at radius 3 is 2.43 bits per heavy atom. The van der Waals surface area contributed by atoms with Crippen molar-refractivity contribution in [3.63, 3.8) is 0 Å². The lowest BCUT2D eigenvalue weighted by Crippen LogP contribution is -2.30. The first-order valence-electron chi connectivity index (χ1n) is 9.66. The largest absolute Gasteiger partial charge is 0.493 e. The number of para-hydroxylation sites is 1. The van der Waals surface area contributed by atoms with Gasteiger partial charge in [-0.1, -0.05) is 32.4 Å². The summed E-state index contributed by atoms with van der Waals surface area (Å²) in [5.41, 5.74) is 6.82. The van der Waals surface area contributed by atoms with Crippen LogP contribution in [0.25, 0.3) is 0 Å². The molecule has 0 unspecified atom stereocenters. The molecule has 0 radical (unpaired) electrons. The molecule has 152 valence electrons. The second-order valence-corrected chi connectivity index (χ2v) is 7.67. The van der Waals surface area contributed by atoms with Gasteiger partial charge in [-0.2, -0.15) is 5.10 Å². The van der Waals surface area contributed by atoms with Gasteiger partial charge >= 0.3 is 0 Å². The van der Waals surface area contributed by atoms with Gasteiger partial charge in [0, 0.05) is 0 Å². The van der Waals surface area contributed by atoms with Crippen LogP contribution in [0, 0.1) is 0 Å². The summed E-state index contributed by atoms with van der Waals surface area (Å²) in [6, 6.07) is 7.04.